The van der Waals surface area contributed by atoms with Crippen molar-refractivity contribution >= 4 is 22.6 Å². The Bertz CT molecular complexity index is 48.1. The van der Waals surface area contributed by atoms with Crippen LogP contribution < -0.4 is 0 Å². The van der Waals surface area contributed by atoms with Crippen LogP contribution in [0.1, 0.15) is 19.8 Å². The van der Waals surface area contributed by atoms with Crippen molar-refractivity contribution in [2.24, 2.45) is 0 Å². The summed E-state index contributed by atoms with van der Waals surface area (Å²) in [7, 11) is 0. The minimum atomic E-state index is -2.48. The standard InChI is InChI=1S/C4H7F2I/c1-2-3-4(5,6)7/h2-3H2,1H3. The molecule has 0 aromatic carbocycles. The highest BCUT2D eigenvalue weighted by atomic mass is 127. The maximum Gasteiger partial charge on any atom is 0.296 e. The number of hydrogen-bond donors (Lipinski definition) is 0. The van der Waals surface area contributed by atoms with Crippen LogP contribution in [0.2, 0.25) is 0 Å². The zero-order valence-corrected chi connectivity index (χ0v) is 6.21. The summed E-state index contributed by atoms with van der Waals surface area (Å²) >= 11 is 1.14. The summed E-state index contributed by atoms with van der Waals surface area (Å²) in [5, 5.41) is 0. The molecule has 0 nitrogen and oxygen atoms in total. The second-order valence-electron chi connectivity index (χ2n) is 1.37. The van der Waals surface area contributed by atoms with Crippen LogP contribution in [0.5, 0.6) is 0 Å². The summed E-state index contributed by atoms with van der Waals surface area (Å²) in [6.45, 7) is 1.74. The Morgan fingerprint density at radius 2 is 2.00 bits per heavy atom. The molecule has 3 heteroatoms. The summed E-state index contributed by atoms with van der Waals surface area (Å²) in [6, 6.07) is 0. The van der Waals surface area contributed by atoms with Crippen LogP contribution in [0.25, 0.3) is 0 Å². The lowest BCUT2D eigenvalue weighted by Crippen LogP contribution is -2.01. The summed E-state index contributed by atoms with van der Waals surface area (Å²) in [5.41, 5.74) is 0. The molecular weight excluding hydrogens is 213 g/mol. The fourth-order valence-electron chi connectivity index (χ4n) is 0.283. The molecule has 44 valence electrons. The third kappa shape index (κ3) is 6.59. The summed E-state index contributed by atoms with van der Waals surface area (Å²) in [5.74, 6) is 0. The van der Waals surface area contributed by atoms with E-state index in [0.29, 0.717) is 6.42 Å². The molecule has 0 fully saturated rings. The van der Waals surface area contributed by atoms with E-state index in [0.717, 1.165) is 22.6 Å². The van der Waals surface area contributed by atoms with Crippen molar-refractivity contribution in [3.8, 4) is 0 Å². The van der Waals surface area contributed by atoms with E-state index in [-0.39, 0.29) is 6.42 Å². The van der Waals surface area contributed by atoms with Crippen LogP contribution in [0.4, 0.5) is 8.78 Å². The van der Waals surface area contributed by atoms with Crippen LogP contribution in [0.3, 0.4) is 0 Å². The second-order valence-corrected chi connectivity index (χ2v) is 2.94. The topological polar surface area (TPSA) is 0 Å². The average molecular weight is 220 g/mol. The largest absolute Gasteiger partial charge is 0.296 e. The predicted molar refractivity (Wildman–Crippen MR) is 33.9 cm³/mol. The molecule has 0 aliphatic heterocycles. The van der Waals surface area contributed by atoms with Crippen molar-refractivity contribution in [1.82, 2.24) is 0 Å². The molecule has 0 saturated heterocycles. The van der Waals surface area contributed by atoms with Gasteiger partial charge in [-0.3, -0.25) is 0 Å². The van der Waals surface area contributed by atoms with Gasteiger partial charge in [-0.25, -0.2) is 0 Å². The molecule has 0 aliphatic carbocycles. The van der Waals surface area contributed by atoms with E-state index in [2.05, 4.69) is 0 Å². The molecule has 0 amide bonds. The fourth-order valence-corrected chi connectivity index (χ4v) is 0.823. The number of halogens is 3. The van der Waals surface area contributed by atoms with Crippen LogP contribution in [-0.2, 0) is 0 Å². The molecule has 0 aliphatic rings. The van der Waals surface area contributed by atoms with Gasteiger partial charge in [0.1, 0.15) is 0 Å². The molecule has 0 aromatic heterocycles. The summed E-state index contributed by atoms with van der Waals surface area (Å²) in [6.07, 6.45) is 0.545. The van der Waals surface area contributed by atoms with Crippen molar-refractivity contribution < 1.29 is 8.78 Å². The lowest BCUT2D eigenvalue weighted by atomic mass is 10.4. The molecule has 0 saturated carbocycles. The highest BCUT2D eigenvalue weighted by molar-refractivity contribution is 14.1. The van der Waals surface area contributed by atoms with E-state index in [1.165, 1.54) is 0 Å². The Kier molecular flexibility index (Phi) is 3.03. The highest BCUT2D eigenvalue weighted by Gasteiger charge is 2.20. The molecule has 0 N–H and O–H groups in total. The third-order valence-corrected chi connectivity index (χ3v) is 1.07. The first-order valence-corrected chi connectivity index (χ1v) is 3.21. The maximum atomic E-state index is 11.7. The van der Waals surface area contributed by atoms with E-state index in [4.69, 9.17) is 0 Å². The average Bonchev–Trinajstić information content (AvgIpc) is 1.30. The first-order chi connectivity index (χ1) is 3.06. The molecular formula is C4H7F2I. The zero-order valence-electron chi connectivity index (χ0n) is 4.05. The Morgan fingerprint density at radius 1 is 1.57 bits per heavy atom. The number of rotatable bonds is 2. The van der Waals surface area contributed by atoms with Gasteiger partial charge >= 0.3 is 0 Å². The molecule has 7 heavy (non-hydrogen) atoms. The van der Waals surface area contributed by atoms with Gasteiger partial charge in [0.05, 0.1) is 0 Å². The minimum absolute atomic E-state index is 0.00639. The van der Waals surface area contributed by atoms with Gasteiger partial charge in [-0.1, -0.05) is 6.92 Å². The molecule has 0 bridgehead atoms. The van der Waals surface area contributed by atoms with Crippen molar-refractivity contribution in [1.29, 1.82) is 0 Å². The van der Waals surface area contributed by atoms with Gasteiger partial charge in [0.15, 0.2) is 0 Å². The van der Waals surface area contributed by atoms with Crippen molar-refractivity contribution in [3.63, 3.8) is 0 Å². The molecule has 0 rings (SSSR count). The van der Waals surface area contributed by atoms with Gasteiger partial charge < -0.3 is 0 Å². The van der Waals surface area contributed by atoms with Crippen LogP contribution >= 0.6 is 22.6 Å². The van der Waals surface area contributed by atoms with Crippen molar-refractivity contribution in [2.45, 2.75) is 23.7 Å². The summed E-state index contributed by atoms with van der Waals surface area (Å²) < 4.78 is 20.9. The lowest BCUT2D eigenvalue weighted by molar-refractivity contribution is 0.116. The van der Waals surface area contributed by atoms with E-state index < -0.39 is 3.93 Å². The number of alkyl halides is 3. The van der Waals surface area contributed by atoms with E-state index in [1.807, 2.05) is 0 Å². The fraction of sp³-hybridized carbons (Fsp3) is 1.00. The Morgan fingerprint density at radius 3 is 2.00 bits per heavy atom. The predicted octanol–water partition coefficient (Wildman–Crippen LogP) is 2.81. The first-order valence-electron chi connectivity index (χ1n) is 2.13. The SMILES string of the molecule is CCCC(F)(F)I. The Labute approximate surface area is 55.4 Å². The van der Waals surface area contributed by atoms with Gasteiger partial charge in [-0.2, -0.15) is 8.78 Å². The molecule has 0 heterocycles. The molecule has 0 unspecified atom stereocenters. The minimum Gasteiger partial charge on any atom is -0.195 e. The van der Waals surface area contributed by atoms with Crippen LogP contribution in [0, 0.1) is 0 Å². The molecule has 0 aromatic rings. The van der Waals surface area contributed by atoms with E-state index in [9.17, 15) is 8.78 Å². The maximum absolute atomic E-state index is 11.7. The quantitative estimate of drug-likeness (QED) is 0.495. The van der Waals surface area contributed by atoms with Gasteiger partial charge in [0, 0.05) is 6.42 Å². The highest BCUT2D eigenvalue weighted by Crippen LogP contribution is 2.27. The third-order valence-electron chi connectivity index (χ3n) is 0.533. The van der Waals surface area contributed by atoms with E-state index in [1.54, 1.807) is 6.92 Å². The lowest BCUT2D eigenvalue weighted by Gasteiger charge is -2.02. The zero-order chi connectivity index (χ0) is 5.91. The van der Waals surface area contributed by atoms with Gasteiger partial charge in [0.25, 0.3) is 3.93 Å². The Balaban J connectivity index is 3.15. The van der Waals surface area contributed by atoms with Gasteiger partial charge in [-0.05, 0) is 29.0 Å². The smallest absolute Gasteiger partial charge is 0.195 e. The van der Waals surface area contributed by atoms with Crippen LogP contribution in [-0.4, -0.2) is 3.93 Å². The van der Waals surface area contributed by atoms with Gasteiger partial charge in [0.2, 0.25) is 0 Å². The second kappa shape index (κ2) is 2.79. The van der Waals surface area contributed by atoms with Crippen molar-refractivity contribution in [3.05, 3.63) is 0 Å². The summed E-state index contributed by atoms with van der Waals surface area (Å²) in [4.78, 5) is 0. The molecule has 0 atom stereocenters. The van der Waals surface area contributed by atoms with Gasteiger partial charge in [-0.15, -0.1) is 0 Å². The van der Waals surface area contributed by atoms with E-state index >= 15 is 0 Å². The van der Waals surface area contributed by atoms with Crippen molar-refractivity contribution in [2.75, 3.05) is 0 Å². The normalized spacial score (nSPS) is 12.0. The molecule has 0 radical (unpaired) electrons. The Hall–Kier alpha value is 0.590. The number of hydrogen-bond acceptors (Lipinski definition) is 0. The van der Waals surface area contributed by atoms with Crippen LogP contribution in [0.15, 0.2) is 0 Å². The monoisotopic (exact) mass is 220 g/mol. The first kappa shape index (κ1) is 7.59. The molecule has 0 spiro atoms.